The highest BCUT2D eigenvalue weighted by Gasteiger charge is 1.89. The second-order valence-electron chi connectivity index (χ2n) is 2.06. The first-order chi connectivity index (χ1) is 3.66. The molecule has 0 unspecified atom stereocenters. The van der Waals surface area contributed by atoms with Crippen LogP contribution in [-0.2, 0) is 0 Å². The second-order valence-corrected chi connectivity index (χ2v) is 2.06. The van der Waals surface area contributed by atoms with Crippen molar-refractivity contribution < 1.29 is 0 Å². The standard InChI is InChI=1S/C7H13N/c1-4-6(2)5-7(3)8/h8H,2,4-5H2,1,3H3. The lowest BCUT2D eigenvalue weighted by Crippen LogP contribution is -1.89. The van der Waals surface area contributed by atoms with Crippen molar-refractivity contribution in [3.05, 3.63) is 12.2 Å². The molecule has 0 aliphatic heterocycles. The molecule has 0 aromatic heterocycles. The normalized spacial score (nSPS) is 8.75. The lowest BCUT2D eigenvalue weighted by molar-refractivity contribution is 1.05. The molecule has 0 rings (SSSR count). The molecule has 0 saturated carbocycles. The summed E-state index contributed by atoms with van der Waals surface area (Å²) >= 11 is 0. The molecule has 46 valence electrons. The van der Waals surface area contributed by atoms with Crippen LogP contribution in [0.1, 0.15) is 26.7 Å². The molecule has 0 atom stereocenters. The topological polar surface area (TPSA) is 23.9 Å². The van der Waals surface area contributed by atoms with Gasteiger partial charge in [-0.05, 0) is 13.3 Å². The molecule has 0 radical (unpaired) electrons. The maximum atomic E-state index is 7.07. The number of nitrogens with one attached hydrogen (secondary N) is 1. The van der Waals surface area contributed by atoms with E-state index >= 15 is 0 Å². The van der Waals surface area contributed by atoms with Crippen molar-refractivity contribution in [1.29, 1.82) is 5.41 Å². The number of rotatable bonds is 3. The molecule has 8 heavy (non-hydrogen) atoms. The predicted octanol–water partition coefficient (Wildman–Crippen LogP) is 2.38. The van der Waals surface area contributed by atoms with E-state index in [0.717, 1.165) is 18.4 Å². The molecule has 0 fully saturated rings. The third-order valence-corrected chi connectivity index (χ3v) is 1.02. The summed E-state index contributed by atoms with van der Waals surface area (Å²) in [6.45, 7) is 7.64. The van der Waals surface area contributed by atoms with Crippen LogP contribution in [0.5, 0.6) is 0 Å². The summed E-state index contributed by atoms with van der Waals surface area (Å²) in [5.74, 6) is 0. The van der Waals surface area contributed by atoms with Crippen LogP contribution >= 0.6 is 0 Å². The van der Waals surface area contributed by atoms with Gasteiger partial charge in [0, 0.05) is 12.1 Å². The molecule has 0 saturated heterocycles. The Bertz CT molecular complexity index is 103. The minimum atomic E-state index is 0.705. The summed E-state index contributed by atoms with van der Waals surface area (Å²) in [6.07, 6.45) is 1.77. The Balaban J connectivity index is 3.40. The molecule has 0 aromatic carbocycles. The van der Waals surface area contributed by atoms with Crippen molar-refractivity contribution in [2.45, 2.75) is 26.7 Å². The summed E-state index contributed by atoms with van der Waals surface area (Å²) in [5.41, 5.74) is 1.86. The van der Waals surface area contributed by atoms with Crippen molar-refractivity contribution >= 4 is 5.71 Å². The van der Waals surface area contributed by atoms with Crippen LogP contribution in [0.15, 0.2) is 12.2 Å². The smallest absolute Gasteiger partial charge is 0.00984 e. The van der Waals surface area contributed by atoms with Gasteiger partial charge in [0.25, 0.3) is 0 Å². The van der Waals surface area contributed by atoms with Gasteiger partial charge in [0.15, 0.2) is 0 Å². The first-order valence-corrected chi connectivity index (χ1v) is 2.87. The number of allylic oxidation sites excluding steroid dienone is 1. The van der Waals surface area contributed by atoms with E-state index in [1.165, 1.54) is 0 Å². The molecule has 0 bridgehead atoms. The van der Waals surface area contributed by atoms with Crippen LogP contribution in [0.2, 0.25) is 0 Å². The molecule has 0 aliphatic carbocycles. The zero-order valence-corrected chi connectivity index (χ0v) is 5.62. The zero-order valence-electron chi connectivity index (χ0n) is 5.62. The van der Waals surface area contributed by atoms with Crippen molar-refractivity contribution in [2.24, 2.45) is 0 Å². The lowest BCUT2D eigenvalue weighted by atomic mass is 10.1. The average Bonchev–Trinajstić information content (AvgIpc) is 1.65. The maximum Gasteiger partial charge on any atom is 0.00984 e. The van der Waals surface area contributed by atoms with Crippen LogP contribution in [-0.4, -0.2) is 5.71 Å². The monoisotopic (exact) mass is 111 g/mol. The van der Waals surface area contributed by atoms with Crippen LogP contribution < -0.4 is 0 Å². The molecular formula is C7H13N. The Morgan fingerprint density at radius 1 is 1.62 bits per heavy atom. The van der Waals surface area contributed by atoms with E-state index < -0.39 is 0 Å². The molecule has 1 nitrogen and oxygen atoms in total. The minimum Gasteiger partial charge on any atom is -0.310 e. The zero-order chi connectivity index (χ0) is 6.57. The molecule has 1 N–H and O–H groups in total. The summed E-state index contributed by atoms with van der Waals surface area (Å²) in [6, 6.07) is 0. The highest BCUT2D eigenvalue weighted by atomic mass is 14.4. The fourth-order valence-electron chi connectivity index (χ4n) is 0.500. The van der Waals surface area contributed by atoms with Crippen molar-refractivity contribution in [2.75, 3.05) is 0 Å². The first kappa shape index (κ1) is 7.41. The van der Waals surface area contributed by atoms with Gasteiger partial charge in [-0.15, -0.1) is 0 Å². The summed E-state index contributed by atoms with van der Waals surface area (Å²) in [5, 5.41) is 7.07. The van der Waals surface area contributed by atoms with Gasteiger partial charge in [0.05, 0.1) is 0 Å². The SMILES string of the molecule is C=C(CC)CC(C)=N. The van der Waals surface area contributed by atoms with E-state index in [0.29, 0.717) is 5.71 Å². The Morgan fingerprint density at radius 2 is 2.12 bits per heavy atom. The van der Waals surface area contributed by atoms with Gasteiger partial charge in [-0.2, -0.15) is 0 Å². The molecular weight excluding hydrogens is 98.1 g/mol. The van der Waals surface area contributed by atoms with Crippen molar-refractivity contribution in [3.63, 3.8) is 0 Å². The van der Waals surface area contributed by atoms with Crippen LogP contribution in [0.3, 0.4) is 0 Å². The number of hydrogen-bond acceptors (Lipinski definition) is 1. The highest BCUT2D eigenvalue weighted by Crippen LogP contribution is 2.01. The van der Waals surface area contributed by atoms with Crippen molar-refractivity contribution in [3.8, 4) is 0 Å². The van der Waals surface area contributed by atoms with Gasteiger partial charge >= 0.3 is 0 Å². The molecule has 0 aliphatic rings. The van der Waals surface area contributed by atoms with E-state index in [1.807, 2.05) is 0 Å². The molecule has 0 aromatic rings. The van der Waals surface area contributed by atoms with Gasteiger partial charge in [-0.1, -0.05) is 19.1 Å². The molecule has 0 spiro atoms. The van der Waals surface area contributed by atoms with Gasteiger partial charge in [0.2, 0.25) is 0 Å². The Kier molecular flexibility index (Phi) is 3.16. The van der Waals surface area contributed by atoms with E-state index in [2.05, 4.69) is 13.5 Å². The number of hydrogen-bond donors (Lipinski definition) is 1. The Hall–Kier alpha value is -0.590. The van der Waals surface area contributed by atoms with Gasteiger partial charge in [0.1, 0.15) is 0 Å². The third-order valence-electron chi connectivity index (χ3n) is 1.02. The molecule has 0 amide bonds. The van der Waals surface area contributed by atoms with Crippen LogP contribution in [0.25, 0.3) is 0 Å². The Labute approximate surface area is 50.9 Å². The second kappa shape index (κ2) is 3.42. The molecule has 1 heteroatoms. The predicted molar refractivity (Wildman–Crippen MR) is 37.4 cm³/mol. The largest absolute Gasteiger partial charge is 0.310 e. The molecule has 0 heterocycles. The fourth-order valence-corrected chi connectivity index (χ4v) is 0.500. The van der Waals surface area contributed by atoms with Gasteiger partial charge in [-0.25, -0.2) is 0 Å². The van der Waals surface area contributed by atoms with E-state index in [9.17, 15) is 0 Å². The summed E-state index contributed by atoms with van der Waals surface area (Å²) in [7, 11) is 0. The van der Waals surface area contributed by atoms with E-state index in [4.69, 9.17) is 5.41 Å². The fraction of sp³-hybridized carbons (Fsp3) is 0.571. The third kappa shape index (κ3) is 3.59. The first-order valence-electron chi connectivity index (χ1n) is 2.87. The van der Waals surface area contributed by atoms with Crippen molar-refractivity contribution in [1.82, 2.24) is 0 Å². The maximum absolute atomic E-state index is 7.07. The van der Waals surface area contributed by atoms with Gasteiger partial charge in [-0.3, -0.25) is 0 Å². The summed E-state index contributed by atoms with van der Waals surface area (Å²) < 4.78 is 0. The highest BCUT2D eigenvalue weighted by molar-refractivity contribution is 5.80. The van der Waals surface area contributed by atoms with Crippen LogP contribution in [0.4, 0.5) is 0 Å². The van der Waals surface area contributed by atoms with E-state index in [-0.39, 0.29) is 0 Å². The Morgan fingerprint density at radius 3 is 2.25 bits per heavy atom. The average molecular weight is 111 g/mol. The quantitative estimate of drug-likeness (QED) is 0.427. The van der Waals surface area contributed by atoms with Crippen LogP contribution in [0, 0.1) is 5.41 Å². The lowest BCUT2D eigenvalue weighted by Gasteiger charge is -1.96. The summed E-state index contributed by atoms with van der Waals surface area (Å²) in [4.78, 5) is 0. The van der Waals surface area contributed by atoms with Gasteiger partial charge < -0.3 is 5.41 Å². The minimum absolute atomic E-state index is 0.705. The van der Waals surface area contributed by atoms with E-state index in [1.54, 1.807) is 6.92 Å².